The largest absolute Gasteiger partial charge is 0.450 e. The van der Waals surface area contributed by atoms with E-state index < -0.39 is 22.5 Å². The Labute approximate surface area is 130 Å². The minimum atomic E-state index is -0.990. The molecule has 0 radical (unpaired) electrons. The minimum absolute atomic E-state index is 0.0636. The summed E-state index contributed by atoms with van der Waals surface area (Å²) in [4.78, 5) is 32.9. The second-order valence-corrected chi connectivity index (χ2v) is 4.22. The number of carbonyl (C=O) groups is 2. The summed E-state index contributed by atoms with van der Waals surface area (Å²) in [6.45, 7) is 1.62. The Kier molecular flexibility index (Phi) is 6.04. The molecule has 0 spiro atoms. The third-order valence-electron chi connectivity index (χ3n) is 2.33. The summed E-state index contributed by atoms with van der Waals surface area (Å²) >= 11 is 5.66. The number of amides is 2. The molecule has 0 bridgehead atoms. The van der Waals surface area contributed by atoms with Gasteiger partial charge < -0.3 is 4.74 Å². The van der Waals surface area contributed by atoms with Gasteiger partial charge >= 0.3 is 6.09 Å². The molecule has 0 unspecified atom stereocenters. The van der Waals surface area contributed by atoms with Crippen LogP contribution in [0.2, 0.25) is 5.02 Å². The number of nitro groups is 1. The third kappa shape index (κ3) is 4.57. The molecule has 114 valence electrons. The number of nitrogens with one attached hydrogen (secondary N) is 1. The first-order valence-electron chi connectivity index (χ1n) is 5.92. The number of halogens is 1. The fourth-order valence-electron chi connectivity index (χ4n) is 1.40. The number of imide groups is 1. The lowest BCUT2D eigenvalue weighted by atomic mass is 10.1. The number of hydrogen-bond donors (Lipinski definition) is 1. The van der Waals surface area contributed by atoms with Crippen LogP contribution in [-0.4, -0.2) is 23.5 Å². The number of nitrogens with zero attached hydrogens (tertiary/aromatic N) is 2. The van der Waals surface area contributed by atoms with Crippen molar-refractivity contribution < 1.29 is 19.2 Å². The van der Waals surface area contributed by atoms with E-state index in [1.807, 2.05) is 5.32 Å². The van der Waals surface area contributed by atoms with Crippen molar-refractivity contribution in [2.75, 3.05) is 6.61 Å². The fourth-order valence-corrected chi connectivity index (χ4v) is 1.59. The molecular weight excluding hydrogens is 314 g/mol. The Balaban J connectivity index is 3.05. The summed E-state index contributed by atoms with van der Waals surface area (Å²) in [7, 11) is 0. The van der Waals surface area contributed by atoms with Gasteiger partial charge in [0.05, 0.1) is 11.5 Å². The molecule has 0 aliphatic rings. The lowest BCUT2D eigenvalue weighted by Gasteiger charge is -2.03. The van der Waals surface area contributed by atoms with Crippen molar-refractivity contribution in [2.24, 2.45) is 0 Å². The zero-order valence-corrected chi connectivity index (χ0v) is 12.1. The van der Waals surface area contributed by atoms with Crippen LogP contribution < -0.4 is 5.32 Å². The molecule has 9 heteroatoms. The van der Waals surface area contributed by atoms with Gasteiger partial charge in [0.25, 0.3) is 11.6 Å². The van der Waals surface area contributed by atoms with Crippen LogP contribution in [-0.2, 0) is 9.53 Å². The van der Waals surface area contributed by atoms with Gasteiger partial charge in [-0.1, -0.05) is 17.7 Å². The van der Waals surface area contributed by atoms with Crippen molar-refractivity contribution in [3.63, 3.8) is 0 Å². The first-order valence-corrected chi connectivity index (χ1v) is 6.30. The van der Waals surface area contributed by atoms with Crippen molar-refractivity contribution in [2.45, 2.75) is 6.92 Å². The Morgan fingerprint density at radius 3 is 2.77 bits per heavy atom. The van der Waals surface area contributed by atoms with E-state index in [1.54, 1.807) is 13.0 Å². The molecule has 0 aromatic heterocycles. The van der Waals surface area contributed by atoms with Crippen LogP contribution in [0.4, 0.5) is 10.5 Å². The first-order chi connectivity index (χ1) is 10.4. The molecule has 1 aromatic carbocycles. The Hall–Kier alpha value is -2.92. The van der Waals surface area contributed by atoms with Crippen molar-refractivity contribution in [1.29, 1.82) is 5.26 Å². The lowest BCUT2D eigenvalue weighted by molar-refractivity contribution is -0.384. The van der Waals surface area contributed by atoms with E-state index in [4.69, 9.17) is 16.9 Å². The highest BCUT2D eigenvalue weighted by atomic mass is 35.5. The van der Waals surface area contributed by atoms with Crippen LogP contribution in [0.25, 0.3) is 6.08 Å². The average molecular weight is 324 g/mol. The number of ether oxygens (including phenoxy) is 1. The van der Waals surface area contributed by atoms with Gasteiger partial charge in [0.15, 0.2) is 0 Å². The normalized spacial score (nSPS) is 10.5. The molecule has 8 nitrogen and oxygen atoms in total. The van der Waals surface area contributed by atoms with Crippen LogP contribution in [0.1, 0.15) is 12.5 Å². The van der Waals surface area contributed by atoms with Crippen molar-refractivity contribution >= 4 is 35.4 Å². The predicted molar refractivity (Wildman–Crippen MR) is 76.9 cm³/mol. The number of rotatable bonds is 4. The second kappa shape index (κ2) is 7.75. The molecule has 0 saturated heterocycles. The van der Waals surface area contributed by atoms with Gasteiger partial charge in [-0.2, -0.15) is 5.26 Å². The molecule has 0 saturated carbocycles. The highest BCUT2D eigenvalue weighted by Crippen LogP contribution is 2.26. The Bertz CT molecular complexity index is 693. The highest BCUT2D eigenvalue weighted by molar-refractivity contribution is 6.32. The average Bonchev–Trinajstić information content (AvgIpc) is 2.45. The van der Waals surface area contributed by atoms with Gasteiger partial charge in [-0.25, -0.2) is 4.79 Å². The predicted octanol–water partition coefficient (Wildman–Crippen LogP) is 2.43. The molecule has 0 aliphatic heterocycles. The minimum Gasteiger partial charge on any atom is -0.450 e. The summed E-state index contributed by atoms with van der Waals surface area (Å²) in [5.74, 6) is -0.974. The van der Waals surface area contributed by atoms with Gasteiger partial charge in [-0.05, 0) is 24.6 Å². The molecule has 1 aromatic rings. The van der Waals surface area contributed by atoms with Crippen LogP contribution in [0, 0.1) is 21.4 Å². The summed E-state index contributed by atoms with van der Waals surface area (Å²) < 4.78 is 4.51. The van der Waals surface area contributed by atoms with Gasteiger partial charge in [-0.3, -0.25) is 20.2 Å². The maximum absolute atomic E-state index is 11.7. The highest BCUT2D eigenvalue weighted by Gasteiger charge is 2.16. The summed E-state index contributed by atoms with van der Waals surface area (Å²) in [6, 6.07) is 5.37. The van der Waals surface area contributed by atoms with E-state index in [1.165, 1.54) is 12.1 Å². The third-order valence-corrected chi connectivity index (χ3v) is 2.65. The molecule has 1 N–H and O–H groups in total. The SMILES string of the molecule is CCOC(=O)NC(=O)/C(C#N)=C/c1ccc(Cl)c([N+](=O)[O-])c1. The van der Waals surface area contributed by atoms with Crippen LogP contribution >= 0.6 is 11.6 Å². The smallest absolute Gasteiger partial charge is 0.414 e. The molecular formula is C13H10ClN3O5. The van der Waals surface area contributed by atoms with Crippen LogP contribution in [0.5, 0.6) is 0 Å². The molecule has 0 aliphatic carbocycles. The monoisotopic (exact) mass is 323 g/mol. The molecule has 22 heavy (non-hydrogen) atoms. The Morgan fingerprint density at radius 2 is 2.23 bits per heavy atom. The van der Waals surface area contributed by atoms with E-state index in [0.29, 0.717) is 0 Å². The fraction of sp³-hybridized carbons (Fsp3) is 0.154. The summed E-state index contributed by atoms with van der Waals surface area (Å²) in [6.07, 6.45) is 0.105. The topological polar surface area (TPSA) is 122 Å². The van der Waals surface area contributed by atoms with Crippen molar-refractivity contribution in [3.8, 4) is 6.07 Å². The van der Waals surface area contributed by atoms with Gasteiger partial charge in [0.1, 0.15) is 16.7 Å². The number of carbonyl (C=O) groups excluding carboxylic acids is 2. The van der Waals surface area contributed by atoms with Crippen molar-refractivity contribution in [1.82, 2.24) is 5.32 Å². The summed E-state index contributed by atoms with van der Waals surface area (Å²) in [5.41, 5.74) is -0.560. The quantitative estimate of drug-likeness (QED) is 0.393. The summed E-state index contributed by atoms with van der Waals surface area (Å²) in [5, 5.41) is 21.5. The van der Waals surface area contributed by atoms with E-state index >= 15 is 0 Å². The van der Waals surface area contributed by atoms with Crippen LogP contribution in [0.15, 0.2) is 23.8 Å². The number of alkyl carbamates (subject to hydrolysis) is 1. The maximum atomic E-state index is 11.7. The number of nitriles is 1. The first kappa shape index (κ1) is 17.1. The van der Waals surface area contributed by atoms with Gasteiger partial charge in [-0.15, -0.1) is 0 Å². The zero-order chi connectivity index (χ0) is 16.7. The molecule has 2 amide bonds. The van der Waals surface area contributed by atoms with Crippen LogP contribution in [0.3, 0.4) is 0 Å². The van der Waals surface area contributed by atoms with Crippen molar-refractivity contribution in [3.05, 3.63) is 44.5 Å². The molecule has 0 fully saturated rings. The zero-order valence-electron chi connectivity index (χ0n) is 11.3. The second-order valence-electron chi connectivity index (χ2n) is 3.81. The number of hydrogen-bond acceptors (Lipinski definition) is 6. The molecule has 0 atom stereocenters. The van der Waals surface area contributed by atoms with E-state index in [0.717, 1.165) is 12.1 Å². The van der Waals surface area contributed by atoms with Gasteiger partial charge in [0, 0.05) is 6.07 Å². The van der Waals surface area contributed by atoms with E-state index in [9.17, 15) is 19.7 Å². The van der Waals surface area contributed by atoms with Gasteiger partial charge in [0.2, 0.25) is 0 Å². The number of nitro benzene ring substituents is 1. The Morgan fingerprint density at radius 1 is 1.55 bits per heavy atom. The lowest BCUT2D eigenvalue weighted by Crippen LogP contribution is -2.31. The standard InChI is InChI=1S/C13H10ClN3O5/c1-2-22-13(19)16-12(18)9(7-15)5-8-3-4-10(14)11(6-8)17(20)21/h3-6H,2H2,1H3,(H,16,18,19)/b9-5+. The number of benzene rings is 1. The molecule has 1 rings (SSSR count). The molecule has 0 heterocycles. The van der Waals surface area contributed by atoms with E-state index in [2.05, 4.69) is 4.74 Å². The van der Waals surface area contributed by atoms with E-state index in [-0.39, 0.29) is 22.9 Å². The maximum Gasteiger partial charge on any atom is 0.414 e.